The van der Waals surface area contributed by atoms with E-state index in [1.807, 2.05) is 6.07 Å². The minimum atomic E-state index is -0.210. The summed E-state index contributed by atoms with van der Waals surface area (Å²) in [5.74, 6) is 0. The van der Waals surface area contributed by atoms with Crippen molar-refractivity contribution in [2.45, 2.75) is 0 Å². The SMILES string of the molecule is O=c1c(-n2cnnn2)cnc2ccccn12. The molecule has 0 spiro atoms. The molecule has 0 bridgehead atoms. The lowest BCUT2D eigenvalue weighted by atomic mass is 10.4. The molecule has 0 aliphatic carbocycles. The number of rotatable bonds is 1. The zero-order chi connectivity index (χ0) is 11.0. The molecule has 0 aliphatic heterocycles. The summed E-state index contributed by atoms with van der Waals surface area (Å²) in [6.07, 6.45) is 4.46. The van der Waals surface area contributed by atoms with Crippen molar-refractivity contribution in [3.05, 3.63) is 47.3 Å². The Morgan fingerprint density at radius 3 is 3.00 bits per heavy atom. The van der Waals surface area contributed by atoms with Crippen molar-refractivity contribution < 1.29 is 0 Å². The van der Waals surface area contributed by atoms with Gasteiger partial charge in [0.25, 0.3) is 5.56 Å². The number of aromatic nitrogens is 6. The molecule has 16 heavy (non-hydrogen) atoms. The molecule has 78 valence electrons. The second-order valence-electron chi connectivity index (χ2n) is 3.13. The van der Waals surface area contributed by atoms with Crippen LogP contribution in [0.4, 0.5) is 0 Å². The van der Waals surface area contributed by atoms with Gasteiger partial charge in [0, 0.05) is 6.20 Å². The zero-order valence-corrected chi connectivity index (χ0v) is 8.06. The highest BCUT2D eigenvalue weighted by atomic mass is 16.1. The summed E-state index contributed by atoms with van der Waals surface area (Å²) in [5.41, 5.74) is 0.691. The van der Waals surface area contributed by atoms with Gasteiger partial charge < -0.3 is 0 Å². The molecule has 7 nitrogen and oxygen atoms in total. The van der Waals surface area contributed by atoms with Crippen LogP contribution in [0.2, 0.25) is 0 Å². The van der Waals surface area contributed by atoms with Crippen molar-refractivity contribution in [1.29, 1.82) is 0 Å². The van der Waals surface area contributed by atoms with Gasteiger partial charge in [-0.2, -0.15) is 4.68 Å². The molecule has 3 rings (SSSR count). The van der Waals surface area contributed by atoms with E-state index in [0.29, 0.717) is 11.3 Å². The fraction of sp³-hybridized carbons (Fsp3) is 0. The maximum Gasteiger partial charge on any atom is 0.283 e. The van der Waals surface area contributed by atoms with E-state index in [1.165, 1.54) is 21.6 Å². The van der Waals surface area contributed by atoms with Gasteiger partial charge in [-0.05, 0) is 22.6 Å². The van der Waals surface area contributed by atoms with E-state index in [2.05, 4.69) is 20.5 Å². The highest BCUT2D eigenvalue weighted by Gasteiger charge is 2.06. The smallest absolute Gasteiger partial charge is 0.266 e. The predicted octanol–water partition coefficient (Wildman–Crippen LogP) is -0.330. The van der Waals surface area contributed by atoms with Gasteiger partial charge in [0.05, 0.1) is 6.20 Å². The van der Waals surface area contributed by atoms with E-state index in [0.717, 1.165) is 0 Å². The average Bonchev–Trinajstić information content (AvgIpc) is 2.83. The van der Waals surface area contributed by atoms with Crippen LogP contribution in [0, 0.1) is 0 Å². The Morgan fingerprint density at radius 2 is 2.19 bits per heavy atom. The largest absolute Gasteiger partial charge is 0.283 e. The summed E-state index contributed by atoms with van der Waals surface area (Å²) < 4.78 is 2.73. The third-order valence-electron chi connectivity index (χ3n) is 2.19. The normalized spacial score (nSPS) is 10.8. The summed E-state index contributed by atoms with van der Waals surface area (Å²) in [6.45, 7) is 0. The molecule has 0 saturated heterocycles. The molecule has 0 saturated carbocycles. The van der Waals surface area contributed by atoms with Crippen LogP contribution >= 0.6 is 0 Å². The van der Waals surface area contributed by atoms with Gasteiger partial charge in [0.2, 0.25) is 0 Å². The van der Waals surface area contributed by atoms with Gasteiger partial charge in [-0.25, -0.2) is 4.98 Å². The van der Waals surface area contributed by atoms with Crippen LogP contribution < -0.4 is 5.56 Å². The summed E-state index contributed by atoms with van der Waals surface area (Å²) in [4.78, 5) is 16.2. The predicted molar refractivity (Wildman–Crippen MR) is 54.2 cm³/mol. The summed E-state index contributed by atoms with van der Waals surface area (Å²) in [7, 11) is 0. The molecule has 0 radical (unpaired) electrons. The van der Waals surface area contributed by atoms with Crippen LogP contribution in [-0.4, -0.2) is 29.6 Å². The van der Waals surface area contributed by atoms with E-state index < -0.39 is 0 Å². The summed E-state index contributed by atoms with van der Waals surface area (Å²) >= 11 is 0. The van der Waals surface area contributed by atoms with Crippen molar-refractivity contribution >= 4 is 5.65 Å². The van der Waals surface area contributed by atoms with Crippen molar-refractivity contribution in [2.24, 2.45) is 0 Å². The molecular weight excluding hydrogens is 208 g/mol. The van der Waals surface area contributed by atoms with Gasteiger partial charge in [0.1, 0.15) is 12.0 Å². The number of tetrazole rings is 1. The minimum Gasteiger partial charge on any atom is -0.266 e. The van der Waals surface area contributed by atoms with E-state index in [9.17, 15) is 4.79 Å². The molecule has 0 unspecified atom stereocenters. The first-order chi connectivity index (χ1) is 7.86. The molecule has 0 fully saturated rings. The quantitative estimate of drug-likeness (QED) is 0.554. The third kappa shape index (κ3) is 1.18. The molecule has 0 N–H and O–H groups in total. The fourth-order valence-corrected chi connectivity index (χ4v) is 1.45. The lowest BCUT2D eigenvalue weighted by molar-refractivity contribution is 0.773. The second-order valence-corrected chi connectivity index (χ2v) is 3.13. The molecule has 3 aromatic rings. The van der Waals surface area contributed by atoms with Crippen molar-refractivity contribution in [2.75, 3.05) is 0 Å². The van der Waals surface area contributed by atoms with Gasteiger partial charge >= 0.3 is 0 Å². The molecular formula is C9H6N6O. The first-order valence-corrected chi connectivity index (χ1v) is 4.56. The number of nitrogens with zero attached hydrogens (tertiary/aromatic N) is 6. The monoisotopic (exact) mass is 214 g/mol. The summed E-state index contributed by atoms with van der Waals surface area (Å²) in [6, 6.07) is 5.34. The Labute approximate surface area is 89.0 Å². The zero-order valence-electron chi connectivity index (χ0n) is 8.06. The van der Waals surface area contributed by atoms with Gasteiger partial charge in [-0.1, -0.05) is 6.07 Å². The third-order valence-corrected chi connectivity index (χ3v) is 2.19. The van der Waals surface area contributed by atoms with E-state index in [4.69, 9.17) is 0 Å². The van der Waals surface area contributed by atoms with Gasteiger partial charge in [-0.3, -0.25) is 9.20 Å². The van der Waals surface area contributed by atoms with Crippen LogP contribution in [0.1, 0.15) is 0 Å². The molecule has 0 aliphatic rings. The molecule has 3 heterocycles. The number of fused-ring (bicyclic) bond motifs is 1. The lowest BCUT2D eigenvalue weighted by Gasteiger charge is -2.01. The Balaban J connectivity index is 2.37. The first-order valence-electron chi connectivity index (χ1n) is 4.56. The average molecular weight is 214 g/mol. The molecule has 7 heteroatoms. The van der Waals surface area contributed by atoms with Gasteiger partial charge in [-0.15, -0.1) is 5.10 Å². The topological polar surface area (TPSA) is 78.0 Å². The number of hydrogen-bond acceptors (Lipinski definition) is 5. The Kier molecular flexibility index (Phi) is 1.76. The number of hydrogen-bond donors (Lipinski definition) is 0. The Morgan fingerprint density at radius 1 is 1.25 bits per heavy atom. The standard InChI is InChI=1S/C9H6N6O/c16-9-7(15-6-11-12-13-15)5-10-8-3-1-2-4-14(8)9/h1-6H. The second kappa shape index (κ2) is 3.23. The number of pyridine rings is 1. The molecule has 0 aromatic carbocycles. The Bertz CT molecular complexity index is 687. The van der Waals surface area contributed by atoms with Crippen molar-refractivity contribution in [3.63, 3.8) is 0 Å². The molecule has 0 atom stereocenters. The maximum atomic E-state index is 12.0. The van der Waals surface area contributed by atoms with Crippen LogP contribution in [0.5, 0.6) is 0 Å². The van der Waals surface area contributed by atoms with Crippen LogP contribution in [0.3, 0.4) is 0 Å². The fourth-order valence-electron chi connectivity index (χ4n) is 1.45. The molecule has 3 aromatic heterocycles. The van der Waals surface area contributed by atoms with E-state index in [-0.39, 0.29) is 5.56 Å². The summed E-state index contributed by atoms with van der Waals surface area (Å²) in [5, 5.41) is 10.6. The maximum absolute atomic E-state index is 12.0. The highest BCUT2D eigenvalue weighted by molar-refractivity contribution is 5.40. The highest BCUT2D eigenvalue weighted by Crippen LogP contribution is 1.99. The first kappa shape index (κ1) is 8.72. The minimum absolute atomic E-state index is 0.210. The van der Waals surface area contributed by atoms with Crippen LogP contribution in [0.15, 0.2) is 41.7 Å². The lowest BCUT2D eigenvalue weighted by Crippen LogP contribution is -2.20. The van der Waals surface area contributed by atoms with E-state index in [1.54, 1.807) is 18.3 Å². The van der Waals surface area contributed by atoms with Crippen molar-refractivity contribution in [1.82, 2.24) is 29.6 Å². The van der Waals surface area contributed by atoms with Crippen LogP contribution in [-0.2, 0) is 0 Å². The molecule has 0 amide bonds. The van der Waals surface area contributed by atoms with Gasteiger partial charge in [0.15, 0.2) is 5.69 Å². The Hall–Kier alpha value is -2.57. The van der Waals surface area contributed by atoms with E-state index >= 15 is 0 Å². The van der Waals surface area contributed by atoms with Crippen molar-refractivity contribution in [3.8, 4) is 5.69 Å². The van der Waals surface area contributed by atoms with Crippen LogP contribution in [0.25, 0.3) is 11.3 Å².